The highest BCUT2D eigenvalue weighted by Crippen LogP contribution is 2.21. The second kappa shape index (κ2) is 3.13. The smallest absolute Gasteiger partial charge is 0.235 e. The minimum atomic E-state index is -0.436. The van der Waals surface area contributed by atoms with Gasteiger partial charge in [0.2, 0.25) is 5.91 Å². The zero-order valence-corrected chi connectivity index (χ0v) is 7.71. The van der Waals surface area contributed by atoms with Crippen molar-refractivity contribution in [1.82, 2.24) is 4.90 Å². The number of nitrogens with zero attached hydrogens (tertiary/aromatic N) is 1. The Balaban J connectivity index is 2.69. The van der Waals surface area contributed by atoms with Crippen LogP contribution in [0, 0.1) is 5.41 Å². The van der Waals surface area contributed by atoms with Crippen molar-refractivity contribution in [1.29, 1.82) is 0 Å². The summed E-state index contributed by atoms with van der Waals surface area (Å²) in [5.74, 6) is 0.131. The fraction of sp³-hybridized carbons (Fsp3) is 0.500. The Morgan fingerprint density at radius 3 is 2.75 bits per heavy atom. The van der Waals surface area contributed by atoms with E-state index >= 15 is 0 Å². The van der Waals surface area contributed by atoms with Crippen molar-refractivity contribution in [2.24, 2.45) is 5.41 Å². The first kappa shape index (κ1) is 9.04. The number of hydrogen-bond donors (Lipinski definition) is 0. The maximum absolute atomic E-state index is 11.7. The molecule has 0 aromatic carbocycles. The van der Waals surface area contributed by atoms with E-state index in [0.29, 0.717) is 0 Å². The molecule has 1 amide bonds. The Kier molecular flexibility index (Phi) is 2.36. The lowest BCUT2D eigenvalue weighted by Gasteiger charge is -2.24. The van der Waals surface area contributed by atoms with Gasteiger partial charge in [0.15, 0.2) is 0 Å². The zero-order chi connectivity index (χ0) is 9.19. The molecule has 12 heavy (non-hydrogen) atoms. The van der Waals surface area contributed by atoms with E-state index in [2.05, 4.69) is 6.58 Å². The molecule has 66 valence electrons. The summed E-state index contributed by atoms with van der Waals surface area (Å²) in [6.07, 6.45) is 6.53. The molecule has 0 unspecified atom stereocenters. The van der Waals surface area contributed by atoms with Crippen molar-refractivity contribution in [2.75, 3.05) is 6.54 Å². The van der Waals surface area contributed by atoms with Gasteiger partial charge in [-0.25, -0.2) is 0 Å². The normalized spacial score (nSPS) is 16.7. The van der Waals surface area contributed by atoms with Gasteiger partial charge < -0.3 is 4.90 Å². The van der Waals surface area contributed by atoms with Crippen LogP contribution in [0.1, 0.15) is 20.3 Å². The summed E-state index contributed by atoms with van der Waals surface area (Å²) >= 11 is 0. The van der Waals surface area contributed by atoms with Crippen molar-refractivity contribution in [3.05, 3.63) is 24.9 Å². The zero-order valence-electron chi connectivity index (χ0n) is 7.71. The SMILES string of the molecule is C=CC(C)(C)C(=O)N1C=CCC1. The molecule has 0 bridgehead atoms. The third-order valence-electron chi connectivity index (χ3n) is 2.14. The first-order valence-electron chi connectivity index (χ1n) is 4.19. The van der Waals surface area contributed by atoms with Gasteiger partial charge in [0.25, 0.3) is 0 Å². The fourth-order valence-corrected chi connectivity index (χ4v) is 1.12. The summed E-state index contributed by atoms with van der Waals surface area (Å²) < 4.78 is 0. The predicted molar refractivity (Wildman–Crippen MR) is 49.4 cm³/mol. The number of rotatable bonds is 2. The van der Waals surface area contributed by atoms with Gasteiger partial charge >= 0.3 is 0 Å². The Hall–Kier alpha value is -1.05. The van der Waals surface area contributed by atoms with E-state index in [1.165, 1.54) is 0 Å². The van der Waals surface area contributed by atoms with Gasteiger partial charge in [0, 0.05) is 12.7 Å². The molecular formula is C10H15NO. The Labute approximate surface area is 73.6 Å². The third-order valence-corrected chi connectivity index (χ3v) is 2.14. The van der Waals surface area contributed by atoms with E-state index in [4.69, 9.17) is 0 Å². The monoisotopic (exact) mass is 165 g/mol. The number of amides is 1. The summed E-state index contributed by atoms with van der Waals surface area (Å²) in [7, 11) is 0. The summed E-state index contributed by atoms with van der Waals surface area (Å²) in [5.41, 5.74) is -0.436. The van der Waals surface area contributed by atoms with Gasteiger partial charge in [-0.1, -0.05) is 12.2 Å². The van der Waals surface area contributed by atoms with Crippen molar-refractivity contribution in [3.8, 4) is 0 Å². The van der Waals surface area contributed by atoms with Crippen LogP contribution in [0.5, 0.6) is 0 Å². The van der Waals surface area contributed by atoms with E-state index < -0.39 is 5.41 Å². The maximum Gasteiger partial charge on any atom is 0.235 e. The van der Waals surface area contributed by atoms with Gasteiger partial charge in [-0.05, 0) is 20.3 Å². The van der Waals surface area contributed by atoms with Crippen LogP contribution in [0.3, 0.4) is 0 Å². The van der Waals surface area contributed by atoms with Crippen molar-refractivity contribution < 1.29 is 4.79 Å². The highest BCUT2D eigenvalue weighted by molar-refractivity contribution is 5.84. The van der Waals surface area contributed by atoms with Crippen LogP contribution in [-0.2, 0) is 4.79 Å². The number of hydrogen-bond acceptors (Lipinski definition) is 1. The Morgan fingerprint density at radius 1 is 1.67 bits per heavy atom. The van der Waals surface area contributed by atoms with Gasteiger partial charge in [0.1, 0.15) is 0 Å². The van der Waals surface area contributed by atoms with Crippen LogP contribution < -0.4 is 0 Å². The first-order valence-corrected chi connectivity index (χ1v) is 4.19. The molecule has 0 atom stereocenters. The third kappa shape index (κ3) is 1.58. The van der Waals surface area contributed by atoms with Crippen LogP contribution in [-0.4, -0.2) is 17.4 Å². The van der Waals surface area contributed by atoms with Gasteiger partial charge in [-0.15, -0.1) is 6.58 Å². The summed E-state index contributed by atoms with van der Waals surface area (Å²) in [5, 5.41) is 0. The van der Waals surface area contributed by atoms with Crippen molar-refractivity contribution >= 4 is 5.91 Å². The first-order chi connectivity index (χ1) is 5.58. The molecule has 2 nitrogen and oxygen atoms in total. The molecule has 1 aliphatic heterocycles. The van der Waals surface area contributed by atoms with Crippen LogP contribution in [0.25, 0.3) is 0 Å². The molecule has 0 N–H and O–H groups in total. The predicted octanol–water partition coefficient (Wildman–Crippen LogP) is 1.94. The molecule has 1 heterocycles. The van der Waals surface area contributed by atoms with Crippen LogP contribution in [0.4, 0.5) is 0 Å². The maximum atomic E-state index is 11.7. The average molecular weight is 165 g/mol. The van der Waals surface area contributed by atoms with Gasteiger partial charge in [-0.3, -0.25) is 4.79 Å². The van der Waals surface area contributed by atoms with E-state index in [0.717, 1.165) is 13.0 Å². The molecule has 1 rings (SSSR count). The van der Waals surface area contributed by atoms with E-state index in [9.17, 15) is 4.79 Å². The molecule has 2 heteroatoms. The van der Waals surface area contributed by atoms with Gasteiger partial charge in [-0.2, -0.15) is 0 Å². The molecule has 0 radical (unpaired) electrons. The number of carbonyl (C=O) groups excluding carboxylic acids is 1. The largest absolute Gasteiger partial charge is 0.318 e. The van der Waals surface area contributed by atoms with Crippen molar-refractivity contribution in [2.45, 2.75) is 20.3 Å². The molecule has 0 aromatic heterocycles. The number of carbonyl (C=O) groups is 1. The molecule has 1 aliphatic rings. The summed E-state index contributed by atoms with van der Waals surface area (Å²) in [4.78, 5) is 13.5. The lowest BCUT2D eigenvalue weighted by molar-refractivity contribution is -0.134. The highest BCUT2D eigenvalue weighted by atomic mass is 16.2. The summed E-state index contributed by atoms with van der Waals surface area (Å²) in [6.45, 7) is 8.24. The second-order valence-corrected chi connectivity index (χ2v) is 3.60. The van der Waals surface area contributed by atoms with Crippen LogP contribution in [0.15, 0.2) is 24.9 Å². The lowest BCUT2D eigenvalue weighted by atomic mass is 9.92. The second-order valence-electron chi connectivity index (χ2n) is 3.60. The molecule has 0 aliphatic carbocycles. The molecule has 0 aromatic rings. The van der Waals surface area contributed by atoms with Crippen molar-refractivity contribution in [3.63, 3.8) is 0 Å². The average Bonchev–Trinajstić information content (AvgIpc) is 2.55. The molecular weight excluding hydrogens is 150 g/mol. The fourth-order valence-electron chi connectivity index (χ4n) is 1.12. The minimum Gasteiger partial charge on any atom is -0.318 e. The quantitative estimate of drug-likeness (QED) is 0.573. The van der Waals surface area contributed by atoms with Gasteiger partial charge in [0.05, 0.1) is 5.41 Å². The van der Waals surface area contributed by atoms with Crippen LogP contribution >= 0.6 is 0 Å². The molecule has 0 saturated heterocycles. The summed E-state index contributed by atoms with van der Waals surface area (Å²) in [6, 6.07) is 0. The standard InChI is InChI=1S/C10H15NO/c1-4-10(2,3)9(12)11-7-5-6-8-11/h4-5,7H,1,6,8H2,2-3H3. The molecule has 0 spiro atoms. The minimum absolute atomic E-state index is 0.131. The van der Waals surface area contributed by atoms with E-state index in [1.807, 2.05) is 26.1 Å². The molecule has 0 saturated carbocycles. The topological polar surface area (TPSA) is 20.3 Å². The highest BCUT2D eigenvalue weighted by Gasteiger charge is 2.28. The Bertz CT molecular complexity index is 228. The van der Waals surface area contributed by atoms with Crippen LogP contribution in [0.2, 0.25) is 0 Å². The Morgan fingerprint density at radius 2 is 2.33 bits per heavy atom. The van der Waals surface area contributed by atoms with E-state index in [1.54, 1.807) is 11.0 Å². The van der Waals surface area contributed by atoms with E-state index in [-0.39, 0.29) is 5.91 Å². The molecule has 0 fully saturated rings. The lowest BCUT2D eigenvalue weighted by Crippen LogP contribution is -2.35.